The van der Waals surface area contributed by atoms with E-state index in [2.05, 4.69) is 86.8 Å². The number of hydrogen-bond donors (Lipinski definition) is 3. The predicted molar refractivity (Wildman–Crippen MR) is 245 cm³/mol. The van der Waals surface area contributed by atoms with E-state index in [0.29, 0.717) is 25.7 Å². The molecule has 0 aromatic heterocycles. The van der Waals surface area contributed by atoms with Crippen LogP contribution in [-0.4, -0.2) is 46.9 Å². The molecule has 1 amide bonds. The van der Waals surface area contributed by atoms with Gasteiger partial charge in [0.15, 0.2) is 0 Å². The van der Waals surface area contributed by atoms with E-state index in [9.17, 15) is 19.8 Å². The molecule has 3 N–H and O–H groups in total. The maximum absolute atomic E-state index is 13.1. The molecule has 0 aromatic carbocycles. The molecule has 330 valence electrons. The minimum absolute atomic E-state index is 0.0433. The summed E-state index contributed by atoms with van der Waals surface area (Å²) in [6, 6.07) is -0.716. The lowest BCUT2D eigenvalue weighted by atomic mass is 10.0. The van der Waals surface area contributed by atoms with Crippen molar-refractivity contribution in [1.82, 2.24) is 5.32 Å². The molecule has 0 aliphatic carbocycles. The van der Waals surface area contributed by atoms with Crippen LogP contribution >= 0.6 is 0 Å². The van der Waals surface area contributed by atoms with Crippen molar-refractivity contribution in [2.24, 2.45) is 0 Å². The van der Waals surface area contributed by atoms with Gasteiger partial charge in [-0.05, 0) is 83.5 Å². The number of amides is 1. The Balaban J connectivity index is 4.61. The standard InChI is InChI=1S/C51H91NO5/c1-4-7-10-13-16-19-21-23-24-25-26-27-29-32-35-38-41-44-51(56)57-47(42-39-36-33-30-18-15-12-9-6-3)45-50(55)52-48(46-53)49(54)43-40-37-34-31-28-22-20-17-14-11-8-5-2/h15-16,18-19,23-24,26-27,32,35,47-49,53-54H,4-14,17,20-22,25,28-31,33-34,36-46H2,1-3H3,(H,52,55)/b18-15-,19-16-,24-23-,27-26-,35-32-. The molecule has 6 heteroatoms. The number of aliphatic hydroxyl groups excluding tert-OH is 2. The van der Waals surface area contributed by atoms with Gasteiger partial charge < -0.3 is 20.3 Å². The summed E-state index contributed by atoms with van der Waals surface area (Å²) < 4.78 is 5.86. The van der Waals surface area contributed by atoms with E-state index in [1.54, 1.807) is 0 Å². The highest BCUT2D eigenvalue weighted by Gasteiger charge is 2.24. The van der Waals surface area contributed by atoms with Crippen LogP contribution in [0.3, 0.4) is 0 Å². The molecule has 0 aliphatic heterocycles. The third-order valence-corrected chi connectivity index (χ3v) is 10.6. The van der Waals surface area contributed by atoms with Crippen LogP contribution in [0.15, 0.2) is 60.8 Å². The van der Waals surface area contributed by atoms with Crippen LogP contribution in [0, 0.1) is 0 Å². The zero-order valence-electron chi connectivity index (χ0n) is 37.5. The molecule has 3 atom stereocenters. The minimum atomic E-state index is -0.800. The molecule has 3 unspecified atom stereocenters. The Bertz CT molecular complexity index is 1030. The number of esters is 1. The van der Waals surface area contributed by atoms with Crippen LogP contribution in [0.2, 0.25) is 0 Å². The summed E-state index contributed by atoms with van der Waals surface area (Å²) in [6.07, 6.45) is 54.3. The van der Waals surface area contributed by atoms with Gasteiger partial charge in [-0.3, -0.25) is 9.59 Å². The molecule has 57 heavy (non-hydrogen) atoms. The first-order valence-electron chi connectivity index (χ1n) is 24.0. The number of carbonyl (C=O) groups excluding carboxylic acids is 2. The highest BCUT2D eigenvalue weighted by atomic mass is 16.5. The van der Waals surface area contributed by atoms with Gasteiger partial charge in [-0.1, -0.05) is 191 Å². The van der Waals surface area contributed by atoms with E-state index in [-0.39, 0.29) is 24.9 Å². The van der Waals surface area contributed by atoms with Crippen molar-refractivity contribution in [3.8, 4) is 0 Å². The summed E-state index contributed by atoms with van der Waals surface area (Å²) in [4.78, 5) is 26.0. The third kappa shape index (κ3) is 40.1. The van der Waals surface area contributed by atoms with E-state index in [1.165, 1.54) is 96.3 Å². The Labute approximate surface area is 352 Å². The Hall–Kier alpha value is -2.44. The SMILES string of the molecule is CCCC/C=C\CCCCCC(CC(=O)NC(CO)C(O)CCCCCCCCCCCCCC)OC(=O)CCC/C=C\C/C=C\C/C=C\C/C=C\CCCCC. The second kappa shape index (κ2) is 44.7. The average molecular weight is 798 g/mol. The summed E-state index contributed by atoms with van der Waals surface area (Å²) >= 11 is 0. The summed E-state index contributed by atoms with van der Waals surface area (Å²) in [5.41, 5.74) is 0. The average Bonchev–Trinajstić information content (AvgIpc) is 3.20. The Morgan fingerprint density at radius 1 is 0.509 bits per heavy atom. The summed E-state index contributed by atoms with van der Waals surface area (Å²) in [5, 5.41) is 23.6. The number of allylic oxidation sites excluding steroid dienone is 10. The fraction of sp³-hybridized carbons (Fsp3) is 0.765. The van der Waals surface area contributed by atoms with Gasteiger partial charge in [0.05, 0.1) is 25.2 Å². The van der Waals surface area contributed by atoms with Crippen molar-refractivity contribution in [3.63, 3.8) is 0 Å². The predicted octanol–water partition coefficient (Wildman–Crippen LogP) is 14.1. The number of nitrogens with one attached hydrogen (secondary N) is 1. The Morgan fingerprint density at radius 3 is 1.46 bits per heavy atom. The van der Waals surface area contributed by atoms with Crippen molar-refractivity contribution >= 4 is 11.9 Å². The lowest BCUT2D eigenvalue weighted by molar-refractivity contribution is -0.151. The van der Waals surface area contributed by atoms with Crippen LogP contribution in [0.4, 0.5) is 0 Å². The van der Waals surface area contributed by atoms with Crippen molar-refractivity contribution in [2.75, 3.05) is 6.61 Å². The van der Waals surface area contributed by atoms with Gasteiger partial charge in [-0.25, -0.2) is 0 Å². The fourth-order valence-corrected chi connectivity index (χ4v) is 6.87. The first-order valence-corrected chi connectivity index (χ1v) is 24.0. The lowest BCUT2D eigenvalue weighted by Crippen LogP contribution is -2.46. The molecule has 6 nitrogen and oxygen atoms in total. The van der Waals surface area contributed by atoms with Crippen molar-refractivity contribution in [2.45, 2.75) is 244 Å². The Kier molecular flexibility index (Phi) is 42.7. The quantitative estimate of drug-likeness (QED) is 0.0325. The van der Waals surface area contributed by atoms with E-state index >= 15 is 0 Å². The van der Waals surface area contributed by atoms with E-state index in [1.807, 2.05) is 0 Å². The zero-order chi connectivity index (χ0) is 41.7. The van der Waals surface area contributed by atoms with Gasteiger partial charge in [-0.15, -0.1) is 0 Å². The Morgan fingerprint density at radius 2 is 0.912 bits per heavy atom. The first kappa shape index (κ1) is 54.6. The normalized spacial score (nSPS) is 13.8. The second-order valence-corrected chi connectivity index (χ2v) is 16.2. The second-order valence-electron chi connectivity index (χ2n) is 16.2. The van der Waals surface area contributed by atoms with Crippen LogP contribution in [0.5, 0.6) is 0 Å². The molecule has 0 saturated carbocycles. The number of unbranched alkanes of at least 4 members (excludes halogenated alkanes) is 20. The molecule has 0 saturated heterocycles. The molecule has 0 bridgehead atoms. The van der Waals surface area contributed by atoms with Crippen molar-refractivity contribution in [3.05, 3.63) is 60.8 Å². The smallest absolute Gasteiger partial charge is 0.306 e. The van der Waals surface area contributed by atoms with E-state index < -0.39 is 18.2 Å². The molecular weight excluding hydrogens is 707 g/mol. The molecule has 0 aliphatic rings. The number of aliphatic hydroxyl groups is 2. The molecule has 0 rings (SSSR count). The molecule has 0 heterocycles. The first-order chi connectivity index (χ1) is 28.0. The lowest BCUT2D eigenvalue weighted by Gasteiger charge is -2.24. The summed E-state index contributed by atoms with van der Waals surface area (Å²) in [6.45, 7) is 6.38. The van der Waals surface area contributed by atoms with Crippen LogP contribution in [0.25, 0.3) is 0 Å². The van der Waals surface area contributed by atoms with Crippen LogP contribution in [0.1, 0.15) is 226 Å². The molecule has 0 spiro atoms. The molecule has 0 fully saturated rings. The fourth-order valence-electron chi connectivity index (χ4n) is 6.87. The van der Waals surface area contributed by atoms with Crippen LogP contribution in [-0.2, 0) is 14.3 Å². The van der Waals surface area contributed by atoms with Crippen LogP contribution < -0.4 is 5.32 Å². The number of ether oxygens (including phenoxy) is 1. The maximum Gasteiger partial charge on any atom is 0.306 e. The van der Waals surface area contributed by atoms with Gasteiger partial charge in [0.1, 0.15) is 6.10 Å². The topological polar surface area (TPSA) is 95.9 Å². The van der Waals surface area contributed by atoms with Crippen molar-refractivity contribution in [1.29, 1.82) is 0 Å². The molecule has 0 radical (unpaired) electrons. The third-order valence-electron chi connectivity index (χ3n) is 10.6. The van der Waals surface area contributed by atoms with Gasteiger partial charge in [0, 0.05) is 6.42 Å². The monoisotopic (exact) mass is 798 g/mol. The highest BCUT2D eigenvalue weighted by Crippen LogP contribution is 2.16. The van der Waals surface area contributed by atoms with Gasteiger partial charge in [0.2, 0.25) is 5.91 Å². The maximum atomic E-state index is 13.1. The minimum Gasteiger partial charge on any atom is -0.462 e. The van der Waals surface area contributed by atoms with Gasteiger partial charge in [-0.2, -0.15) is 0 Å². The summed E-state index contributed by atoms with van der Waals surface area (Å²) in [5.74, 6) is -0.561. The van der Waals surface area contributed by atoms with Gasteiger partial charge in [0.25, 0.3) is 0 Å². The number of hydrogen-bond acceptors (Lipinski definition) is 5. The zero-order valence-corrected chi connectivity index (χ0v) is 37.5. The molecule has 0 aromatic rings. The highest BCUT2D eigenvalue weighted by molar-refractivity contribution is 5.77. The van der Waals surface area contributed by atoms with E-state index in [0.717, 1.165) is 77.0 Å². The number of rotatable bonds is 42. The van der Waals surface area contributed by atoms with E-state index in [4.69, 9.17) is 4.74 Å². The van der Waals surface area contributed by atoms with Crippen molar-refractivity contribution < 1.29 is 24.5 Å². The number of carbonyl (C=O) groups is 2. The molecular formula is C51H91NO5. The largest absolute Gasteiger partial charge is 0.462 e. The van der Waals surface area contributed by atoms with Gasteiger partial charge >= 0.3 is 5.97 Å². The summed E-state index contributed by atoms with van der Waals surface area (Å²) in [7, 11) is 0.